The lowest BCUT2D eigenvalue weighted by Crippen LogP contribution is -2.13. The summed E-state index contributed by atoms with van der Waals surface area (Å²) in [6.07, 6.45) is 1.79. The molecule has 0 aliphatic rings. The van der Waals surface area contributed by atoms with Gasteiger partial charge in [0.2, 0.25) is 0 Å². The molecule has 3 nitrogen and oxygen atoms in total. The fourth-order valence-electron chi connectivity index (χ4n) is 1.67. The summed E-state index contributed by atoms with van der Waals surface area (Å²) in [6.45, 7) is 6.50. The molecule has 2 aromatic heterocycles. The van der Waals surface area contributed by atoms with E-state index in [1.54, 1.807) is 6.20 Å². The normalized spacial score (nSPS) is 11.8. The number of rotatable bonds is 1. The maximum absolute atomic E-state index is 4.68. The summed E-state index contributed by atoms with van der Waals surface area (Å²) in [6, 6.07) is 6.11. The maximum atomic E-state index is 4.68. The Balaban J connectivity index is 2.64. The van der Waals surface area contributed by atoms with Crippen LogP contribution in [0.4, 0.5) is 5.82 Å². The highest BCUT2D eigenvalue weighted by molar-refractivity contribution is 5.88. The number of pyridine rings is 2. The lowest BCUT2D eigenvalue weighted by Gasteiger charge is -2.18. The number of hydrogen-bond donors (Lipinski definition) is 1. The van der Waals surface area contributed by atoms with Crippen LogP contribution in [-0.4, -0.2) is 17.0 Å². The summed E-state index contributed by atoms with van der Waals surface area (Å²) in [5.41, 5.74) is 2.18. The molecule has 0 saturated carbocycles. The van der Waals surface area contributed by atoms with Crippen molar-refractivity contribution in [3.63, 3.8) is 0 Å². The molecule has 2 aromatic rings. The fraction of sp³-hybridized carbons (Fsp3) is 0.385. The molecule has 0 atom stereocenters. The molecule has 1 N–H and O–H groups in total. The molecule has 0 radical (unpaired) electrons. The van der Waals surface area contributed by atoms with Gasteiger partial charge in [-0.15, -0.1) is 0 Å². The van der Waals surface area contributed by atoms with Gasteiger partial charge in [-0.3, -0.25) is 4.98 Å². The number of fused-ring (bicyclic) bond motifs is 1. The fourth-order valence-corrected chi connectivity index (χ4v) is 1.67. The van der Waals surface area contributed by atoms with Gasteiger partial charge in [-0.25, -0.2) is 4.98 Å². The number of aromatic nitrogens is 2. The molecule has 0 amide bonds. The van der Waals surface area contributed by atoms with E-state index in [1.165, 1.54) is 0 Å². The van der Waals surface area contributed by atoms with Gasteiger partial charge in [0.25, 0.3) is 0 Å². The summed E-state index contributed by atoms with van der Waals surface area (Å²) in [4.78, 5) is 8.94. The van der Waals surface area contributed by atoms with Crippen LogP contribution in [0.25, 0.3) is 10.9 Å². The summed E-state index contributed by atoms with van der Waals surface area (Å²) >= 11 is 0. The summed E-state index contributed by atoms with van der Waals surface area (Å²) in [5, 5.41) is 4.14. The van der Waals surface area contributed by atoms with E-state index in [-0.39, 0.29) is 5.41 Å². The first-order chi connectivity index (χ1) is 7.52. The first kappa shape index (κ1) is 10.9. The quantitative estimate of drug-likeness (QED) is 0.794. The van der Waals surface area contributed by atoms with Gasteiger partial charge in [0.05, 0.1) is 5.52 Å². The van der Waals surface area contributed by atoms with Crippen LogP contribution in [-0.2, 0) is 5.41 Å². The molecule has 2 heterocycles. The van der Waals surface area contributed by atoms with E-state index in [0.717, 1.165) is 22.4 Å². The van der Waals surface area contributed by atoms with Crippen molar-refractivity contribution in [2.24, 2.45) is 0 Å². The summed E-state index contributed by atoms with van der Waals surface area (Å²) in [5.74, 6) is 0.880. The minimum atomic E-state index is 0.0806. The van der Waals surface area contributed by atoms with Crippen molar-refractivity contribution in [2.75, 3.05) is 12.4 Å². The van der Waals surface area contributed by atoms with E-state index >= 15 is 0 Å². The molecule has 0 spiro atoms. The second-order valence-electron chi connectivity index (χ2n) is 4.92. The van der Waals surface area contributed by atoms with Gasteiger partial charge in [-0.2, -0.15) is 0 Å². The minimum absolute atomic E-state index is 0.0806. The molecule has 3 heteroatoms. The highest BCUT2D eigenvalue weighted by Gasteiger charge is 2.15. The van der Waals surface area contributed by atoms with Crippen molar-refractivity contribution in [3.8, 4) is 0 Å². The van der Waals surface area contributed by atoms with Crippen molar-refractivity contribution >= 4 is 16.7 Å². The van der Waals surface area contributed by atoms with Crippen LogP contribution in [0, 0.1) is 0 Å². The van der Waals surface area contributed by atoms with Crippen molar-refractivity contribution in [1.82, 2.24) is 9.97 Å². The molecule has 2 rings (SSSR count). The largest absolute Gasteiger partial charge is 0.373 e. The predicted octanol–water partition coefficient (Wildman–Crippen LogP) is 2.97. The first-order valence-corrected chi connectivity index (χ1v) is 5.46. The number of nitrogens with zero attached hydrogens (tertiary/aromatic N) is 2. The Labute approximate surface area is 95.9 Å². The van der Waals surface area contributed by atoms with E-state index < -0.39 is 0 Å². The molecule has 0 bridgehead atoms. The highest BCUT2D eigenvalue weighted by Crippen LogP contribution is 2.25. The Morgan fingerprint density at radius 2 is 1.88 bits per heavy atom. The molecule has 0 fully saturated rings. The van der Waals surface area contributed by atoms with Crippen molar-refractivity contribution in [1.29, 1.82) is 0 Å². The molecule has 0 aliphatic heterocycles. The van der Waals surface area contributed by atoms with Crippen LogP contribution in [0.5, 0.6) is 0 Å². The molecule has 0 aromatic carbocycles. The lowest BCUT2D eigenvalue weighted by atomic mass is 9.91. The minimum Gasteiger partial charge on any atom is -0.373 e. The third-order valence-electron chi connectivity index (χ3n) is 2.62. The van der Waals surface area contributed by atoms with Crippen LogP contribution in [0.15, 0.2) is 24.4 Å². The number of hydrogen-bond acceptors (Lipinski definition) is 3. The van der Waals surface area contributed by atoms with Gasteiger partial charge in [-0.1, -0.05) is 20.8 Å². The molecule has 0 unspecified atom stereocenters. The van der Waals surface area contributed by atoms with Gasteiger partial charge in [0.1, 0.15) is 5.82 Å². The second kappa shape index (κ2) is 3.74. The molecule has 84 valence electrons. The molecule has 0 aliphatic carbocycles. The first-order valence-electron chi connectivity index (χ1n) is 5.46. The summed E-state index contributed by atoms with van der Waals surface area (Å²) in [7, 11) is 1.87. The predicted molar refractivity (Wildman–Crippen MR) is 67.8 cm³/mol. The monoisotopic (exact) mass is 215 g/mol. The zero-order valence-electron chi connectivity index (χ0n) is 10.2. The van der Waals surface area contributed by atoms with Gasteiger partial charge >= 0.3 is 0 Å². The van der Waals surface area contributed by atoms with Crippen LogP contribution in [0.3, 0.4) is 0 Å². The third kappa shape index (κ3) is 1.85. The van der Waals surface area contributed by atoms with E-state index in [1.807, 2.05) is 13.1 Å². The van der Waals surface area contributed by atoms with E-state index in [4.69, 9.17) is 0 Å². The number of nitrogens with one attached hydrogen (secondary N) is 1. The Morgan fingerprint density at radius 3 is 2.50 bits per heavy atom. The topological polar surface area (TPSA) is 37.8 Å². The summed E-state index contributed by atoms with van der Waals surface area (Å²) < 4.78 is 0. The zero-order valence-corrected chi connectivity index (χ0v) is 10.2. The van der Waals surface area contributed by atoms with Crippen LogP contribution < -0.4 is 5.32 Å². The van der Waals surface area contributed by atoms with Crippen molar-refractivity contribution < 1.29 is 0 Å². The molecule has 0 saturated heterocycles. The standard InChI is InChI=1S/C13H17N3/c1-13(2,3)11-6-5-9-10(16-11)7-8-15-12(9)14-4/h5-8H,1-4H3,(H,14,15). The van der Waals surface area contributed by atoms with Gasteiger partial charge in [0, 0.05) is 29.7 Å². The number of anilines is 1. The lowest BCUT2D eigenvalue weighted by molar-refractivity contribution is 0.571. The van der Waals surface area contributed by atoms with E-state index in [0.29, 0.717) is 0 Å². The molecule has 16 heavy (non-hydrogen) atoms. The average molecular weight is 215 g/mol. The van der Waals surface area contributed by atoms with Gasteiger partial charge in [-0.05, 0) is 18.2 Å². The molecular formula is C13H17N3. The van der Waals surface area contributed by atoms with Crippen molar-refractivity contribution in [2.45, 2.75) is 26.2 Å². The van der Waals surface area contributed by atoms with E-state index in [2.05, 4.69) is 48.2 Å². The Hall–Kier alpha value is -1.64. The zero-order chi connectivity index (χ0) is 11.8. The second-order valence-corrected chi connectivity index (χ2v) is 4.92. The molecular weight excluding hydrogens is 198 g/mol. The Morgan fingerprint density at radius 1 is 1.12 bits per heavy atom. The van der Waals surface area contributed by atoms with Gasteiger partial charge < -0.3 is 5.32 Å². The Kier molecular flexibility index (Phi) is 2.54. The maximum Gasteiger partial charge on any atom is 0.135 e. The SMILES string of the molecule is CNc1nccc2nc(C(C)(C)C)ccc12. The van der Waals surface area contributed by atoms with Crippen molar-refractivity contribution in [3.05, 3.63) is 30.1 Å². The van der Waals surface area contributed by atoms with Crippen LogP contribution in [0.2, 0.25) is 0 Å². The van der Waals surface area contributed by atoms with Crippen LogP contribution >= 0.6 is 0 Å². The smallest absolute Gasteiger partial charge is 0.135 e. The average Bonchev–Trinajstić information content (AvgIpc) is 2.26. The highest BCUT2D eigenvalue weighted by atomic mass is 15.0. The van der Waals surface area contributed by atoms with Crippen LogP contribution in [0.1, 0.15) is 26.5 Å². The van der Waals surface area contributed by atoms with Gasteiger partial charge in [0.15, 0.2) is 0 Å². The Bertz CT molecular complexity index is 512. The van der Waals surface area contributed by atoms with E-state index in [9.17, 15) is 0 Å². The third-order valence-corrected chi connectivity index (χ3v) is 2.62.